The van der Waals surface area contributed by atoms with E-state index in [0.717, 1.165) is 0 Å². The van der Waals surface area contributed by atoms with Gasteiger partial charge < -0.3 is 24.9 Å². The van der Waals surface area contributed by atoms with Gasteiger partial charge in [-0.05, 0) is 25.7 Å². The van der Waals surface area contributed by atoms with E-state index >= 15 is 0 Å². The smallest absolute Gasteiger partial charge is 0.336 e. The molecule has 0 aliphatic heterocycles. The number of hydrogen-bond acceptors (Lipinski definition) is 4. The van der Waals surface area contributed by atoms with Crippen LogP contribution in [0.15, 0.2) is 0 Å². The molecule has 0 saturated carbocycles. The molecule has 0 amide bonds. The van der Waals surface area contributed by atoms with Crippen molar-refractivity contribution in [3.05, 3.63) is 0 Å². The third-order valence-electron chi connectivity index (χ3n) is 6.52. The van der Waals surface area contributed by atoms with Crippen molar-refractivity contribution in [2.24, 2.45) is 0 Å². The van der Waals surface area contributed by atoms with Crippen molar-refractivity contribution in [1.29, 1.82) is 0 Å². The van der Waals surface area contributed by atoms with E-state index in [-0.39, 0.29) is 0 Å². The summed E-state index contributed by atoms with van der Waals surface area (Å²) < 4.78 is 1.24. The van der Waals surface area contributed by atoms with Gasteiger partial charge in [-0.2, -0.15) is 0 Å². The number of quaternary nitrogens is 1. The molecule has 0 aromatic carbocycles. The second kappa shape index (κ2) is 22.5. The van der Waals surface area contributed by atoms with E-state index in [0.29, 0.717) is 0 Å². The van der Waals surface area contributed by atoms with Crippen LogP contribution in [0.5, 0.6) is 0 Å². The van der Waals surface area contributed by atoms with Crippen LogP contribution in [0.1, 0.15) is 129 Å². The summed E-state index contributed by atoms with van der Waals surface area (Å²) in [5.74, 6) is -5.02. The lowest BCUT2D eigenvalue weighted by Crippen LogP contribution is -2.42. The molecule has 8 heteroatoms. The van der Waals surface area contributed by atoms with Crippen molar-refractivity contribution in [2.75, 3.05) is 27.2 Å². The molecule has 0 radical (unpaired) electrons. The number of nitrogens with zero attached hydrogens (tertiary/aromatic N) is 1. The van der Waals surface area contributed by atoms with Crippen LogP contribution in [0.2, 0.25) is 0 Å². The van der Waals surface area contributed by atoms with Crippen LogP contribution in [0.3, 0.4) is 0 Å². The lowest BCUT2D eigenvalue weighted by atomic mass is 9.96. The van der Waals surface area contributed by atoms with Crippen molar-refractivity contribution in [1.82, 2.24) is 0 Å². The van der Waals surface area contributed by atoms with Crippen LogP contribution in [0, 0.1) is 0 Å². The number of rotatable bonds is 23. The highest BCUT2D eigenvalue weighted by atomic mass is 16.4. The summed E-state index contributed by atoms with van der Waals surface area (Å²) in [4.78, 5) is 30.5. The highest BCUT2D eigenvalue weighted by Gasteiger charge is 2.40. The zero-order chi connectivity index (χ0) is 27.9. The SMILES string of the molecule is CCCCCCCCCC[N+](C)(C)CCCCCCCCCC.O=C(O)CC(O)(CC(=O)O)C(=O)O. The molecule has 0 heterocycles. The maximum Gasteiger partial charge on any atom is 0.336 e. The zero-order valence-electron chi connectivity index (χ0n) is 23.6. The number of carbonyl (C=O) groups is 3. The zero-order valence-corrected chi connectivity index (χ0v) is 23.6. The van der Waals surface area contributed by atoms with Crippen molar-refractivity contribution in [3.63, 3.8) is 0 Å². The van der Waals surface area contributed by atoms with Crippen molar-refractivity contribution in [3.8, 4) is 0 Å². The van der Waals surface area contributed by atoms with Gasteiger partial charge in [-0.1, -0.05) is 90.9 Å². The molecule has 0 spiro atoms. The molecule has 4 N–H and O–H groups in total. The molecule has 0 rings (SSSR count). The summed E-state index contributed by atoms with van der Waals surface area (Å²) in [7, 11) is 4.87. The third kappa shape index (κ3) is 24.0. The fourth-order valence-corrected chi connectivity index (χ4v) is 4.17. The Morgan fingerprint density at radius 3 is 1.08 bits per heavy atom. The van der Waals surface area contributed by atoms with Gasteiger partial charge in [0.2, 0.25) is 0 Å². The summed E-state index contributed by atoms with van der Waals surface area (Å²) in [6.45, 7) is 7.36. The Balaban J connectivity index is 0. The Labute approximate surface area is 219 Å². The number of carboxylic acid groups (broad SMARTS) is 3. The minimum Gasteiger partial charge on any atom is -0.481 e. The van der Waals surface area contributed by atoms with Gasteiger partial charge in [0, 0.05) is 0 Å². The first-order valence-electron chi connectivity index (χ1n) is 14.1. The first-order chi connectivity index (χ1) is 16.9. The second-order valence-electron chi connectivity index (χ2n) is 10.8. The summed E-state index contributed by atoms with van der Waals surface area (Å²) in [6, 6.07) is 0. The average molecular weight is 519 g/mol. The van der Waals surface area contributed by atoms with Crippen molar-refractivity contribution < 1.29 is 39.3 Å². The van der Waals surface area contributed by atoms with Gasteiger partial charge in [0.1, 0.15) is 0 Å². The van der Waals surface area contributed by atoms with Crippen LogP contribution < -0.4 is 0 Å². The average Bonchev–Trinajstić information content (AvgIpc) is 2.76. The Morgan fingerprint density at radius 2 is 0.833 bits per heavy atom. The van der Waals surface area contributed by atoms with Gasteiger partial charge in [0.25, 0.3) is 0 Å². The van der Waals surface area contributed by atoms with Crippen molar-refractivity contribution in [2.45, 2.75) is 135 Å². The molecule has 8 nitrogen and oxygen atoms in total. The maximum absolute atomic E-state index is 10.3. The van der Waals surface area contributed by atoms with E-state index in [1.807, 2.05) is 0 Å². The second-order valence-corrected chi connectivity index (χ2v) is 10.8. The van der Waals surface area contributed by atoms with E-state index in [2.05, 4.69) is 27.9 Å². The summed E-state index contributed by atoms with van der Waals surface area (Å²) >= 11 is 0. The summed E-state index contributed by atoms with van der Waals surface area (Å²) in [5.41, 5.74) is -2.74. The maximum atomic E-state index is 10.3. The molecule has 36 heavy (non-hydrogen) atoms. The Kier molecular flexibility index (Phi) is 22.8. The monoisotopic (exact) mass is 518 g/mol. The summed E-state index contributed by atoms with van der Waals surface area (Å²) in [5, 5.41) is 33.8. The van der Waals surface area contributed by atoms with E-state index in [1.54, 1.807) is 0 Å². The minimum absolute atomic E-state index is 1.14. The molecule has 0 aromatic heterocycles. The van der Waals surface area contributed by atoms with Crippen LogP contribution in [0.4, 0.5) is 0 Å². The highest BCUT2D eigenvalue weighted by Crippen LogP contribution is 2.16. The van der Waals surface area contributed by atoms with Gasteiger partial charge in [0.05, 0.1) is 40.0 Å². The van der Waals surface area contributed by atoms with Gasteiger partial charge in [0.15, 0.2) is 5.60 Å². The fraction of sp³-hybridized carbons (Fsp3) is 0.893. The standard InChI is InChI=1S/C22H48N.C6H8O7/c1-5-7-9-11-13-15-17-19-21-23(3,4)22-20-18-16-14-12-10-8-6-2;7-3(8)1-6(13,5(11)12)2-4(9)10/h5-22H2,1-4H3;13H,1-2H2,(H,7,8)(H,9,10)(H,11,12)/q+1;. The largest absolute Gasteiger partial charge is 0.481 e. The van der Waals surface area contributed by atoms with Gasteiger partial charge in [-0.25, -0.2) is 4.79 Å². The quantitative estimate of drug-likeness (QED) is 0.0949. The van der Waals surface area contributed by atoms with Crippen LogP contribution >= 0.6 is 0 Å². The first kappa shape index (κ1) is 36.5. The van der Waals surface area contributed by atoms with Crippen LogP contribution in [-0.4, -0.2) is 75.6 Å². The van der Waals surface area contributed by atoms with Crippen molar-refractivity contribution >= 4 is 17.9 Å². The fourth-order valence-electron chi connectivity index (χ4n) is 4.17. The van der Waals surface area contributed by atoms with E-state index < -0.39 is 36.4 Å². The number of hydrogen-bond donors (Lipinski definition) is 4. The highest BCUT2D eigenvalue weighted by molar-refractivity contribution is 5.88. The number of aliphatic hydroxyl groups is 1. The molecule has 0 fully saturated rings. The first-order valence-corrected chi connectivity index (χ1v) is 14.1. The van der Waals surface area contributed by atoms with Gasteiger partial charge in [-0.15, -0.1) is 0 Å². The minimum atomic E-state index is -2.74. The van der Waals surface area contributed by atoms with Crippen LogP contribution in [0.25, 0.3) is 0 Å². The topological polar surface area (TPSA) is 132 Å². The molecule has 214 valence electrons. The normalized spacial score (nSPS) is 11.6. The predicted octanol–water partition coefficient (Wildman–Crippen LogP) is 6.10. The number of unbranched alkanes of at least 4 members (excludes halogenated alkanes) is 14. The number of aliphatic carboxylic acids is 3. The predicted molar refractivity (Wildman–Crippen MR) is 144 cm³/mol. The molecular weight excluding hydrogens is 462 g/mol. The molecule has 0 saturated heterocycles. The molecule has 0 atom stereocenters. The van der Waals surface area contributed by atoms with Gasteiger partial charge >= 0.3 is 17.9 Å². The Bertz CT molecular complexity index is 540. The van der Waals surface area contributed by atoms with E-state index in [9.17, 15) is 14.4 Å². The molecule has 0 bridgehead atoms. The lowest BCUT2D eigenvalue weighted by Gasteiger charge is -2.30. The van der Waals surface area contributed by atoms with Crippen LogP contribution in [-0.2, 0) is 14.4 Å². The molecular formula is C28H56NO7+. The van der Waals surface area contributed by atoms with Gasteiger partial charge in [-0.3, -0.25) is 9.59 Å². The molecule has 0 unspecified atom stereocenters. The molecule has 0 aliphatic rings. The lowest BCUT2D eigenvalue weighted by molar-refractivity contribution is -0.890. The molecule has 0 aliphatic carbocycles. The Hall–Kier alpha value is -1.67. The van der Waals surface area contributed by atoms with E-state index in [4.69, 9.17) is 20.4 Å². The molecule has 0 aromatic rings. The Morgan fingerprint density at radius 1 is 0.556 bits per heavy atom. The summed E-state index contributed by atoms with van der Waals surface area (Å²) in [6.07, 6.45) is 20.7. The number of carboxylic acids is 3. The third-order valence-corrected chi connectivity index (χ3v) is 6.52. The van der Waals surface area contributed by atoms with E-state index in [1.165, 1.54) is 120 Å².